The number of aliphatic hydroxyl groups is 1. The molecule has 30 heavy (non-hydrogen) atoms. The van der Waals surface area contributed by atoms with E-state index in [1.54, 1.807) is 6.20 Å². The van der Waals surface area contributed by atoms with Crippen LogP contribution in [0.2, 0.25) is 0 Å². The molecule has 0 aromatic carbocycles. The summed E-state index contributed by atoms with van der Waals surface area (Å²) in [4.78, 5) is 12.0. The highest BCUT2D eigenvalue weighted by Crippen LogP contribution is 2.33. The zero-order chi connectivity index (χ0) is 20.5. The minimum atomic E-state index is -0.0407. The molecular weight excluding hydrogens is 382 g/mol. The van der Waals surface area contributed by atoms with Crippen LogP contribution in [0.15, 0.2) is 24.4 Å². The lowest BCUT2D eigenvalue weighted by atomic mass is 10.1. The average Bonchev–Trinajstić information content (AvgIpc) is 3.28. The molecule has 0 radical (unpaired) electrons. The molecule has 2 aromatic heterocycles. The maximum Gasteiger partial charge on any atom is 0.144 e. The molecule has 1 unspecified atom stereocenters. The van der Waals surface area contributed by atoms with E-state index in [4.69, 9.17) is 19.4 Å². The van der Waals surface area contributed by atoms with Crippen molar-refractivity contribution in [2.45, 2.75) is 45.1 Å². The maximum absolute atomic E-state index is 10.1. The Morgan fingerprint density at radius 1 is 1.30 bits per heavy atom. The van der Waals surface area contributed by atoms with Crippen molar-refractivity contribution >= 4 is 22.4 Å². The van der Waals surface area contributed by atoms with E-state index in [0.717, 1.165) is 72.6 Å². The Morgan fingerprint density at radius 3 is 3.03 bits per heavy atom. The summed E-state index contributed by atoms with van der Waals surface area (Å²) >= 11 is 0. The zero-order valence-corrected chi connectivity index (χ0v) is 17.4. The number of hydrogen-bond acceptors (Lipinski definition) is 8. The van der Waals surface area contributed by atoms with E-state index < -0.39 is 0 Å². The number of ether oxygens (including phenoxy) is 2. The number of aromatic nitrogens is 2. The van der Waals surface area contributed by atoms with Crippen LogP contribution in [0, 0.1) is 0 Å². The predicted molar refractivity (Wildman–Crippen MR) is 114 cm³/mol. The summed E-state index contributed by atoms with van der Waals surface area (Å²) in [5.74, 6) is 0.864. The molecule has 3 aliphatic heterocycles. The highest BCUT2D eigenvalue weighted by Gasteiger charge is 2.30. The van der Waals surface area contributed by atoms with Gasteiger partial charge in [0.05, 0.1) is 31.6 Å². The van der Waals surface area contributed by atoms with Gasteiger partial charge in [-0.05, 0) is 50.0 Å². The molecule has 0 amide bonds. The SMILES string of the molecule is C[C@@H]1COCCN1c1cc(CO)c2ccnc(C3=CCNN3C3CCCCO3)c2n1. The van der Waals surface area contributed by atoms with Gasteiger partial charge in [-0.15, -0.1) is 0 Å². The highest BCUT2D eigenvalue weighted by molar-refractivity contribution is 5.92. The van der Waals surface area contributed by atoms with Crippen LogP contribution in [0.4, 0.5) is 5.82 Å². The Morgan fingerprint density at radius 2 is 2.23 bits per heavy atom. The van der Waals surface area contributed by atoms with E-state index in [1.165, 1.54) is 0 Å². The molecule has 3 aliphatic rings. The van der Waals surface area contributed by atoms with Crippen molar-refractivity contribution in [1.29, 1.82) is 0 Å². The van der Waals surface area contributed by atoms with Crippen LogP contribution in [0.1, 0.15) is 37.4 Å². The van der Waals surface area contributed by atoms with E-state index >= 15 is 0 Å². The van der Waals surface area contributed by atoms with Gasteiger partial charge >= 0.3 is 0 Å². The van der Waals surface area contributed by atoms with Gasteiger partial charge in [-0.1, -0.05) is 0 Å². The maximum atomic E-state index is 10.1. The van der Waals surface area contributed by atoms with E-state index in [0.29, 0.717) is 13.2 Å². The summed E-state index contributed by atoms with van der Waals surface area (Å²) in [6.07, 6.45) is 7.20. The molecular formula is C22H29N5O3. The first-order valence-electron chi connectivity index (χ1n) is 10.8. The van der Waals surface area contributed by atoms with Crippen LogP contribution in [0.5, 0.6) is 0 Å². The normalized spacial score (nSPS) is 25.1. The smallest absolute Gasteiger partial charge is 0.144 e. The number of hydrazine groups is 1. The topological polar surface area (TPSA) is 83.0 Å². The van der Waals surface area contributed by atoms with Crippen LogP contribution in [0.3, 0.4) is 0 Å². The molecule has 2 N–H and O–H groups in total. The zero-order valence-electron chi connectivity index (χ0n) is 17.4. The molecule has 0 saturated carbocycles. The van der Waals surface area contributed by atoms with Gasteiger partial charge in [0.15, 0.2) is 0 Å². The Kier molecular flexibility index (Phi) is 5.56. The largest absolute Gasteiger partial charge is 0.392 e. The molecule has 2 saturated heterocycles. The monoisotopic (exact) mass is 411 g/mol. The van der Waals surface area contributed by atoms with Gasteiger partial charge in [0.1, 0.15) is 23.3 Å². The molecule has 0 bridgehead atoms. The van der Waals surface area contributed by atoms with Gasteiger partial charge in [0.2, 0.25) is 0 Å². The van der Waals surface area contributed by atoms with Gasteiger partial charge < -0.3 is 19.5 Å². The number of nitrogens with one attached hydrogen (secondary N) is 1. The van der Waals surface area contributed by atoms with Crippen LogP contribution in [-0.2, 0) is 16.1 Å². The minimum Gasteiger partial charge on any atom is -0.392 e. The predicted octanol–water partition coefficient (Wildman–Crippen LogP) is 2.03. The van der Waals surface area contributed by atoms with E-state index in [1.807, 2.05) is 12.1 Å². The Bertz CT molecular complexity index is 944. The van der Waals surface area contributed by atoms with E-state index in [9.17, 15) is 5.11 Å². The second kappa shape index (κ2) is 8.47. The number of hydrogen-bond donors (Lipinski definition) is 2. The summed E-state index contributed by atoms with van der Waals surface area (Å²) in [6, 6.07) is 4.17. The van der Waals surface area contributed by atoms with Gasteiger partial charge in [0, 0.05) is 31.3 Å². The number of anilines is 1. The lowest BCUT2D eigenvalue weighted by Gasteiger charge is -2.35. The summed E-state index contributed by atoms with van der Waals surface area (Å²) in [7, 11) is 0. The number of nitrogens with zero attached hydrogens (tertiary/aromatic N) is 4. The Balaban J connectivity index is 1.59. The summed E-state index contributed by atoms with van der Waals surface area (Å²) in [5.41, 5.74) is 6.92. The quantitative estimate of drug-likeness (QED) is 0.791. The minimum absolute atomic E-state index is 0.00400. The fraction of sp³-hybridized carbons (Fsp3) is 0.545. The fourth-order valence-corrected chi connectivity index (χ4v) is 4.56. The van der Waals surface area contributed by atoms with Gasteiger partial charge in [0.25, 0.3) is 0 Å². The summed E-state index contributed by atoms with van der Waals surface area (Å²) < 4.78 is 11.6. The first-order valence-corrected chi connectivity index (χ1v) is 10.8. The molecule has 2 aromatic rings. The van der Waals surface area contributed by atoms with E-state index in [-0.39, 0.29) is 18.9 Å². The molecule has 8 heteroatoms. The lowest BCUT2D eigenvalue weighted by molar-refractivity contribution is -0.0746. The van der Waals surface area contributed by atoms with Crippen molar-refractivity contribution in [3.63, 3.8) is 0 Å². The van der Waals surface area contributed by atoms with Gasteiger partial charge in [-0.3, -0.25) is 9.99 Å². The van der Waals surface area contributed by atoms with Crippen molar-refractivity contribution in [3.05, 3.63) is 35.7 Å². The van der Waals surface area contributed by atoms with Crippen LogP contribution in [0.25, 0.3) is 16.6 Å². The van der Waals surface area contributed by atoms with Crippen LogP contribution >= 0.6 is 0 Å². The van der Waals surface area contributed by atoms with Crippen molar-refractivity contribution in [2.75, 3.05) is 37.8 Å². The fourth-order valence-electron chi connectivity index (χ4n) is 4.56. The third kappa shape index (κ3) is 3.54. The molecule has 2 atom stereocenters. The Hall–Kier alpha value is -2.26. The highest BCUT2D eigenvalue weighted by atomic mass is 16.5. The van der Waals surface area contributed by atoms with E-state index in [2.05, 4.69) is 28.3 Å². The van der Waals surface area contributed by atoms with Gasteiger partial charge in [-0.25, -0.2) is 10.4 Å². The lowest BCUT2D eigenvalue weighted by Crippen LogP contribution is -2.44. The number of morpholine rings is 1. The average molecular weight is 412 g/mol. The first kappa shape index (κ1) is 19.7. The summed E-state index contributed by atoms with van der Waals surface area (Å²) in [5, 5.41) is 13.1. The third-order valence-corrected chi connectivity index (χ3v) is 6.13. The van der Waals surface area contributed by atoms with Crippen LogP contribution < -0.4 is 10.3 Å². The molecule has 0 spiro atoms. The molecule has 5 heterocycles. The molecule has 160 valence electrons. The van der Waals surface area contributed by atoms with Crippen molar-refractivity contribution in [3.8, 4) is 0 Å². The molecule has 5 rings (SSSR count). The van der Waals surface area contributed by atoms with Crippen molar-refractivity contribution in [1.82, 2.24) is 20.4 Å². The number of pyridine rings is 2. The first-order chi connectivity index (χ1) is 14.8. The third-order valence-electron chi connectivity index (χ3n) is 6.13. The number of aliphatic hydroxyl groups excluding tert-OH is 1. The molecule has 8 nitrogen and oxygen atoms in total. The molecule has 0 aliphatic carbocycles. The van der Waals surface area contributed by atoms with Gasteiger partial charge in [-0.2, -0.15) is 0 Å². The molecule has 2 fully saturated rings. The second-order valence-corrected chi connectivity index (χ2v) is 8.11. The van der Waals surface area contributed by atoms with Crippen LogP contribution in [-0.4, -0.2) is 65.3 Å². The number of fused-ring (bicyclic) bond motifs is 1. The number of rotatable bonds is 4. The van der Waals surface area contributed by atoms with Crippen molar-refractivity contribution in [2.24, 2.45) is 0 Å². The standard InChI is InChI=1S/C22H29N5O3/c1-15-14-29-11-9-26(15)19-12-16(13-28)17-5-7-23-22(21(17)25-19)18-6-8-24-27(18)20-4-2-3-10-30-20/h5-7,12,15,20,24,28H,2-4,8-11,13-14H2,1H3/t15-,20?/m1/s1. The summed E-state index contributed by atoms with van der Waals surface area (Å²) in [6.45, 7) is 5.76. The second-order valence-electron chi connectivity index (χ2n) is 8.11. The van der Waals surface area contributed by atoms with Crippen molar-refractivity contribution < 1.29 is 14.6 Å². The Labute approximate surface area is 176 Å².